The van der Waals surface area contributed by atoms with Gasteiger partial charge in [-0.2, -0.15) is 0 Å². The van der Waals surface area contributed by atoms with E-state index in [4.69, 9.17) is 5.73 Å². The van der Waals surface area contributed by atoms with Gasteiger partial charge in [-0.25, -0.2) is 8.42 Å². The van der Waals surface area contributed by atoms with Crippen LogP contribution in [0.15, 0.2) is 57.2 Å². The topological polar surface area (TPSA) is 60.2 Å². The second-order valence-electron chi connectivity index (χ2n) is 5.00. The molecule has 21 heavy (non-hydrogen) atoms. The summed E-state index contributed by atoms with van der Waals surface area (Å²) >= 11 is 1.63. The van der Waals surface area contributed by atoms with E-state index in [1.807, 2.05) is 12.1 Å². The molecule has 3 nitrogen and oxygen atoms in total. The number of benzene rings is 2. The largest absolute Gasteiger partial charge is 0.330 e. The minimum atomic E-state index is -3.14. The number of hydrogen-bond donors (Lipinski definition) is 1. The second-order valence-corrected chi connectivity index (χ2v) is 8.13. The minimum Gasteiger partial charge on any atom is -0.330 e. The molecule has 112 valence electrons. The molecular formula is C16H19NO2S2. The van der Waals surface area contributed by atoms with Crippen molar-refractivity contribution in [2.45, 2.75) is 28.0 Å². The maximum atomic E-state index is 11.5. The average molecular weight is 321 g/mol. The van der Waals surface area contributed by atoms with Gasteiger partial charge in [0.1, 0.15) is 0 Å². The summed E-state index contributed by atoms with van der Waals surface area (Å²) in [4.78, 5) is 2.53. The first-order valence-electron chi connectivity index (χ1n) is 6.68. The van der Waals surface area contributed by atoms with Gasteiger partial charge >= 0.3 is 0 Å². The molecule has 2 aromatic carbocycles. The van der Waals surface area contributed by atoms with E-state index < -0.39 is 9.84 Å². The Hall–Kier alpha value is -1.30. The molecule has 0 aliphatic rings. The van der Waals surface area contributed by atoms with Gasteiger partial charge in [-0.15, -0.1) is 0 Å². The summed E-state index contributed by atoms with van der Waals surface area (Å²) in [5, 5.41) is 0. The zero-order valence-corrected chi connectivity index (χ0v) is 13.8. The molecule has 5 heteroatoms. The molecule has 0 radical (unpaired) electrons. The Bertz CT molecular complexity index is 722. The van der Waals surface area contributed by atoms with Crippen molar-refractivity contribution in [1.29, 1.82) is 0 Å². The molecule has 2 N–H and O–H groups in total. The Kier molecular flexibility index (Phi) is 5.08. The lowest BCUT2D eigenvalue weighted by atomic mass is 10.1. The van der Waals surface area contributed by atoms with Crippen molar-refractivity contribution >= 4 is 21.6 Å². The molecule has 0 spiro atoms. The lowest BCUT2D eigenvalue weighted by Gasteiger charge is -2.10. The van der Waals surface area contributed by atoms with Crippen LogP contribution in [-0.2, 0) is 16.3 Å². The third-order valence-electron chi connectivity index (χ3n) is 3.11. The van der Waals surface area contributed by atoms with Crippen molar-refractivity contribution < 1.29 is 8.42 Å². The molecule has 0 aliphatic heterocycles. The fourth-order valence-corrected chi connectivity index (χ4v) is 3.63. The highest BCUT2D eigenvalue weighted by molar-refractivity contribution is 7.99. The normalized spacial score (nSPS) is 11.6. The summed E-state index contributed by atoms with van der Waals surface area (Å²) in [6.45, 7) is 2.68. The van der Waals surface area contributed by atoms with Crippen molar-refractivity contribution in [1.82, 2.24) is 0 Å². The Balaban J connectivity index is 2.26. The summed E-state index contributed by atoms with van der Waals surface area (Å²) < 4.78 is 22.9. The van der Waals surface area contributed by atoms with Crippen LogP contribution in [0, 0.1) is 6.92 Å². The summed E-state index contributed by atoms with van der Waals surface area (Å²) in [5.74, 6) is 0. The van der Waals surface area contributed by atoms with Gasteiger partial charge in [0.2, 0.25) is 0 Å². The maximum Gasteiger partial charge on any atom is 0.175 e. The third-order valence-corrected chi connectivity index (χ3v) is 5.36. The van der Waals surface area contributed by atoms with Crippen LogP contribution in [0.1, 0.15) is 11.1 Å². The highest BCUT2D eigenvalue weighted by Crippen LogP contribution is 2.31. The van der Waals surface area contributed by atoms with Gasteiger partial charge in [0.15, 0.2) is 9.84 Å². The number of aryl methyl sites for hydroxylation is 1. The molecule has 2 aromatic rings. The summed E-state index contributed by atoms with van der Waals surface area (Å²) in [5.41, 5.74) is 8.11. The van der Waals surface area contributed by atoms with Crippen LogP contribution >= 0.6 is 11.8 Å². The molecule has 0 saturated heterocycles. The van der Waals surface area contributed by atoms with Gasteiger partial charge in [0.25, 0.3) is 0 Å². The monoisotopic (exact) mass is 321 g/mol. The lowest BCUT2D eigenvalue weighted by molar-refractivity contribution is 0.602. The lowest BCUT2D eigenvalue weighted by Crippen LogP contribution is -2.04. The van der Waals surface area contributed by atoms with E-state index in [2.05, 4.69) is 25.1 Å². The Labute approximate surface area is 130 Å². The van der Waals surface area contributed by atoms with Gasteiger partial charge in [0, 0.05) is 16.0 Å². The first kappa shape index (κ1) is 16.1. The first-order chi connectivity index (χ1) is 9.90. The molecule has 0 unspecified atom stereocenters. The van der Waals surface area contributed by atoms with E-state index in [0.29, 0.717) is 11.4 Å². The summed E-state index contributed by atoms with van der Waals surface area (Å²) in [7, 11) is -3.14. The number of sulfone groups is 1. The summed E-state index contributed by atoms with van der Waals surface area (Å²) in [6, 6.07) is 13.3. The zero-order valence-electron chi connectivity index (χ0n) is 12.2. The van der Waals surface area contributed by atoms with Gasteiger partial charge in [0.05, 0.1) is 4.90 Å². The highest BCUT2D eigenvalue weighted by atomic mass is 32.2. The van der Waals surface area contributed by atoms with Gasteiger partial charge in [-0.3, -0.25) is 0 Å². The summed E-state index contributed by atoms with van der Waals surface area (Å²) in [6.07, 6.45) is 2.06. The molecule has 0 fully saturated rings. The van der Waals surface area contributed by atoms with Crippen molar-refractivity contribution in [3.63, 3.8) is 0 Å². The average Bonchev–Trinajstić information content (AvgIpc) is 2.42. The van der Waals surface area contributed by atoms with Crippen LogP contribution < -0.4 is 5.73 Å². The van der Waals surface area contributed by atoms with Crippen molar-refractivity contribution in [2.24, 2.45) is 5.73 Å². The van der Waals surface area contributed by atoms with Crippen LogP contribution in [0.2, 0.25) is 0 Å². The number of hydrogen-bond acceptors (Lipinski definition) is 4. The Morgan fingerprint density at radius 1 is 1.10 bits per heavy atom. The van der Waals surface area contributed by atoms with Gasteiger partial charge in [-0.05, 0) is 55.8 Å². The molecule has 0 amide bonds. The van der Waals surface area contributed by atoms with E-state index in [1.165, 1.54) is 17.4 Å². The Morgan fingerprint density at radius 2 is 1.76 bits per heavy atom. The standard InChI is InChI=1S/C16H19NO2S2/c1-12-3-8-16(13(11-12)9-10-17)20-14-4-6-15(7-5-14)21(2,18)19/h3-8,11H,9-10,17H2,1-2H3. The molecule has 0 aliphatic carbocycles. The first-order valence-corrected chi connectivity index (χ1v) is 9.38. The predicted molar refractivity (Wildman–Crippen MR) is 87.6 cm³/mol. The molecule has 0 bridgehead atoms. The van der Waals surface area contributed by atoms with E-state index in [9.17, 15) is 8.42 Å². The fourth-order valence-electron chi connectivity index (χ4n) is 2.04. The Morgan fingerprint density at radius 3 is 2.33 bits per heavy atom. The minimum absolute atomic E-state index is 0.345. The van der Waals surface area contributed by atoms with Crippen LogP contribution in [0.4, 0.5) is 0 Å². The van der Waals surface area contributed by atoms with Crippen LogP contribution in [0.3, 0.4) is 0 Å². The molecular weight excluding hydrogens is 302 g/mol. The van der Waals surface area contributed by atoms with Crippen LogP contribution in [0.25, 0.3) is 0 Å². The van der Waals surface area contributed by atoms with Crippen LogP contribution in [0.5, 0.6) is 0 Å². The molecule has 0 atom stereocenters. The van der Waals surface area contributed by atoms with Crippen LogP contribution in [-0.4, -0.2) is 21.2 Å². The molecule has 0 heterocycles. The molecule has 0 aromatic heterocycles. The van der Waals surface area contributed by atoms with E-state index in [-0.39, 0.29) is 0 Å². The zero-order chi connectivity index (χ0) is 15.5. The van der Waals surface area contributed by atoms with E-state index in [0.717, 1.165) is 16.2 Å². The highest BCUT2D eigenvalue weighted by Gasteiger charge is 2.08. The number of rotatable bonds is 5. The smallest absolute Gasteiger partial charge is 0.175 e. The molecule has 0 saturated carbocycles. The van der Waals surface area contributed by atoms with Gasteiger partial charge < -0.3 is 5.73 Å². The third kappa shape index (κ3) is 4.33. The molecule has 2 rings (SSSR count). The van der Waals surface area contributed by atoms with Gasteiger partial charge in [-0.1, -0.05) is 29.5 Å². The van der Waals surface area contributed by atoms with Crippen molar-refractivity contribution in [2.75, 3.05) is 12.8 Å². The SMILES string of the molecule is Cc1ccc(Sc2ccc(S(C)(=O)=O)cc2)c(CCN)c1. The van der Waals surface area contributed by atoms with E-state index >= 15 is 0 Å². The predicted octanol–water partition coefficient (Wildman–Crippen LogP) is 3.05. The fraction of sp³-hybridized carbons (Fsp3) is 0.250. The maximum absolute atomic E-state index is 11.5. The quantitative estimate of drug-likeness (QED) is 0.919. The second kappa shape index (κ2) is 6.64. The number of nitrogens with two attached hydrogens (primary N) is 1. The van der Waals surface area contributed by atoms with E-state index in [1.54, 1.807) is 23.9 Å². The van der Waals surface area contributed by atoms with Crippen molar-refractivity contribution in [3.05, 3.63) is 53.6 Å². The van der Waals surface area contributed by atoms with Crippen molar-refractivity contribution in [3.8, 4) is 0 Å².